The van der Waals surface area contributed by atoms with Crippen molar-refractivity contribution >= 4 is 11.4 Å². The number of anilines is 2. The number of ether oxygens (including phenoxy) is 1. The summed E-state index contributed by atoms with van der Waals surface area (Å²) in [5, 5.41) is 21.9. The second-order valence-corrected chi connectivity index (χ2v) is 3.58. The van der Waals surface area contributed by atoms with Crippen LogP contribution >= 0.6 is 0 Å². The van der Waals surface area contributed by atoms with Crippen LogP contribution in [0.2, 0.25) is 0 Å². The molecule has 4 heteroatoms. The minimum atomic E-state index is -0.0955. The van der Waals surface area contributed by atoms with Gasteiger partial charge in [0, 0.05) is 0 Å². The van der Waals surface area contributed by atoms with Gasteiger partial charge >= 0.3 is 0 Å². The maximum absolute atomic E-state index is 11.0. The number of benzene rings is 2. The molecule has 4 nitrogen and oxygen atoms in total. The normalized spacial score (nSPS) is 9.83. The molecule has 0 unspecified atom stereocenters. The Morgan fingerprint density at radius 3 is 2.00 bits per heavy atom. The van der Waals surface area contributed by atoms with Crippen molar-refractivity contribution in [2.24, 2.45) is 0 Å². The van der Waals surface area contributed by atoms with E-state index in [1.54, 1.807) is 36.4 Å². The van der Waals surface area contributed by atoms with Gasteiger partial charge in [-0.15, -0.1) is 5.75 Å². The SMILES string of the molecule is C=COc1ccc(N(O)c2ccc([O-])cc2)cc1. The van der Waals surface area contributed by atoms with Gasteiger partial charge in [-0.2, -0.15) is 0 Å². The Bertz CT molecular complexity index is 520. The summed E-state index contributed by atoms with van der Waals surface area (Å²) in [6.07, 6.45) is 1.33. The Balaban J connectivity index is 2.20. The van der Waals surface area contributed by atoms with Gasteiger partial charge in [-0.3, -0.25) is 5.21 Å². The predicted octanol–water partition coefficient (Wildman–Crippen LogP) is 2.81. The van der Waals surface area contributed by atoms with E-state index in [0.29, 0.717) is 17.1 Å². The summed E-state index contributed by atoms with van der Waals surface area (Å²) in [5.41, 5.74) is 1.09. The minimum absolute atomic E-state index is 0.0955. The molecule has 0 aliphatic heterocycles. The van der Waals surface area contributed by atoms with Crippen LogP contribution in [0.25, 0.3) is 0 Å². The highest BCUT2D eigenvalue weighted by Crippen LogP contribution is 2.26. The predicted molar refractivity (Wildman–Crippen MR) is 67.1 cm³/mol. The van der Waals surface area contributed by atoms with Gasteiger partial charge in [-0.05, 0) is 36.4 Å². The lowest BCUT2D eigenvalue weighted by molar-refractivity contribution is -0.268. The number of hydrogen-bond donors (Lipinski definition) is 1. The summed E-state index contributed by atoms with van der Waals surface area (Å²) < 4.78 is 5.08. The lowest BCUT2D eigenvalue weighted by atomic mass is 10.2. The molecule has 18 heavy (non-hydrogen) atoms. The number of nitrogens with zero attached hydrogens (tertiary/aromatic N) is 1. The highest BCUT2D eigenvalue weighted by Gasteiger charge is 2.05. The Labute approximate surface area is 105 Å². The van der Waals surface area contributed by atoms with Crippen LogP contribution in [0.1, 0.15) is 0 Å². The van der Waals surface area contributed by atoms with E-state index in [9.17, 15) is 10.3 Å². The largest absolute Gasteiger partial charge is 0.872 e. The summed E-state index contributed by atoms with van der Waals surface area (Å²) in [5.74, 6) is 0.541. The van der Waals surface area contributed by atoms with E-state index >= 15 is 0 Å². The Morgan fingerprint density at radius 2 is 1.50 bits per heavy atom. The first-order valence-corrected chi connectivity index (χ1v) is 5.34. The summed E-state index contributed by atoms with van der Waals surface area (Å²) in [7, 11) is 0. The molecule has 0 aromatic heterocycles. The van der Waals surface area contributed by atoms with Crippen LogP contribution in [0.5, 0.6) is 11.5 Å². The van der Waals surface area contributed by atoms with Gasteiger partial charge in [0.1, 0.15) is 5.75 Å². The standard InChI is InChI=1S/C14H13NO3/c1-2-18-14-9-5-12(6-10-14)15(17)11-3-7-13(16)8-4-11/h2-10,16-17H,1H2/p-1. The van der Waals surface area contributed by atoms with Crippen molar-refractivity contribution in [3.05, 3.63) is 61.4 Å². The van der Waals surface area contributed by atoms with Gasteiger partial charge in [-0.1, -0.05) is 18.7 Å². The van der Waals surface area contributed by atoms with Crippen LogP contribution in [0.3, 0.4) is 0 Å². The molecular weight excluding hydrogens is 230 g/mol. The number of hydrogen-bond acceptors (Lipinski definition) is 4. The molecule has 0 saturated carbocycles. The van der Waals surface area contributed by atoms with E-state index < -0.39 is 0 Å². The highest BCUT2D eigenvalue weighted by molar-refractivity contribution is 5.61. The zero-order valence-corrected chi connectivity index (χ0v) is 9.61. The first-order chi connectivity index (χ1) is 8.70. The van der Waals surface area contributed by atoms with E-state index in [4.69, 9.17) is 4.74 Å². The van der Waals surface area contributed by atoms with Gasteiger partial charge < -0.3 is 9.84 Å². The van der Waals surface area contributed by atoms with E-state index in [1.807, 2.05) is 0 Å². The second-order valence-electron chi connectivity index (χ2n) is 3.58. The van der Waals surface area contributed by atoms with Crippen molar-refractivity contribution in [2.75, 3.05) is 5.06 Å². The molecule has 0 radical (unpaired) electrons. The fraction of sp³-hybridized carbons (Fsp3) is 0. The van der Waals surface area contributed by atoms with Crippen LogP contribution in [0.4, 0.5) is 11.4 Å². The summed E-state index contributed by atoms with van der Waals surface area (Å²) >= 11 is 0. The van der Waals surface area contributed by atoms with Crippen LogP contribution in [-0.4, -0.2) is 5.21 Å². The quantitative estimate of drug-likeness (QED) is 0.661. The molecule has 0 fully saturated rings. The molecule has 0 bridgehead atoms. The second kappa shape index (κ2) is 5.25. The minimum Gasteiger partial charge on any atom is -0.872 e. The molecule has 0 heterocycles. The monoisotopic (exact) mass is 242 g/mol. The smallest absolute Gasteiger partial charge is 0.126 e. The first kappa shape index (κ1) is 12.0. The van der Waals surface area contributed by atoms with E-state index in [2.05, 4.69) is 6.58 Å². The molecule has 92 valence electrons. The van der Waals surface area contributed by atoms with Crippen molar-refractivity contribution in [2.45, 2.75) is 0 Å². The van der Waals surface area contributed by atoms with Crippen LogP contribution in [-0.2, 0) is 0 Å². The van der Waals surface area contributed by atoms with Crippen LogP contribution in [0, 0.1) is 0 Å². The molecule has 0 atom stereocenters. The van der Waals surface area contributed by atoms with E-state index in [1.165, 1.54) is 18.4 Å². The maximum Gasteiger partial charge on any atom is 0.126 e. The molecule has 0 spiro atoms. The molecule has 0 saturated heterocycles. The lowest BCUT2D eigenvalue weighted by Crippen LogP contribution is -2.10. The summed E-state index contributed by atoms with van der Waals surface area (Å²) in [6, 6.07) is 12.7. The van der Waals surface area contributed by atoms with E-state index in [0.717, 1.165) is 5.06 Å². The highest BCUT2D eigenvalue weighted by atomic mass is 16.5. The maximum atomic E-state index is 11.0. The van der Waals surface area contributed by atoms with E-state index in [-0.39, 0.29) is 5.75 Å². The van der Waals surface area contributed by atoms with Gasteiger partial charge in [0.05, 0.1) is 17.6 Å². The fourth-order valence-electron chi connectivity index (χ4n) is 1.50. The fourth-order valence-corrected chi connectivity index (χ4v) is 1.50. The molecule has 0 aliphatic rings. The van der Waals surface area contributed by atoms with Gasteiger partial charge in [0.25, 0.3) is 0 Å². The average molecular weight is 242 g/mol. The van der Waals surface area contributed by atoms with Crippen LogP contribution < -0.4 is 14.9 Å². The molecule has 2 rings (SSSR count). The van der Waals surface area contributed by atoms with Gasteiger partial charge in [-0.25, -0.2) is 5.06 Å². The Kier molecular flexibility index (Phi) is 3.50. The zero-order chi connectivity index (χ0) is 13.0. The third-order valence-corrected chi connectivity index (χ3v) is 2.38. The van der Waals surface area contributed by atoms with Crippen molar-refractivity contribution in [1.29, 1.82) is 0 Å². The third-order valence-electron chi connectivity index (χ3n) is 2.38. The Morgan fingerprint density at radius 1 is 1.00 bits per heavy atom. The summed E-state index contributed by atoms with van der Waals surface area (Å²) in [6.45, 7) is 3.46. The molecule has 2 aromatic rings. The topological polar surface area (TPSA) is 55.8 Å². The lowest BCUT2D eigenvalue weighted by Gasteiger charge is -2.18. The Hall–Kier alpha value is -2.46. The molecule has 0 amide bonds. The molecule has 2 aromatic carbocycles. The molecular formula is C14H12NO3-. The van der Waals surface area contributed by atoms with Gasteiger partial charge in [0.2, 0.25) is 0 Å². The van der Waals surface area contributed by atoms with Crippen molar-refractivity contribution < 1.29 is 15.1 Å². The molecule has 1 N–H and O–H groups in total. The first-order valence-electron chi connectivity index (χ1n) is 5.34. The van der Waals surface area contributed by atoms with Crippen LogP contribution in [0.15, 0.2) is 61.4 Å². The van der Waals surface area contributed by atoms with Crippen molar-refractivity contribution in [3.8, 4) is 11.5 Å². The zero-order valence-electron chi connectivity index (χ0n) is 9.61. The summed E-state index contributed by atoms with van der Waals surface area (Å²) in [4.78, 5) is 0. The van der Waals surface area contributed by atoms with Crippen molar-refractivity contribution in [3.63, 3.8) is 0 Å². The molecule has 0 aliphatic carbocycles. The number of rotatable bonds is 4. The van der Waals surface area contributed by atoms with Gasteiger partial charge in [0.15, 0.2) is 0 Å². The third kappa shape index (κ3) is 2.61. The van der Waals surface area contributed by atoms with Crippen molar-refractivity contribution in [1.82, 2.24) is 0 Å². The average Bonchev–Trinajstić information content (AvgIpc) is 2.40.